The Kier molecular flexibility index (Phi) is 4.91. The van der Waals surface area contributed by atoms with Gasteiger partial charge < -0.3 is 10.3 Å². The first kappa shape index (κ1) is 20.8. The molecule has 6 heterocycles. The maximum absolute atomic E-state index is 15.9. The van der Waals surface area contributed by atoms with Gasteiger partial charge in [0.25, 0.3) is 0 Å². The van der Waals surface area contributed by atoms with Crippen LogP contribution in [0, 0.1) is 5.82 Å². The van der Waals surface area contributed by atoms with E-state index in [4.69, 9.17) is 4.98 Å². The van der Waals surface area contributed by atoms with Crippen molar-refractivity contribution >= 4 is 27.8 Å². The average molecular weight is 465 g/mol. The highest BCUT2D eigenvalue weighted by Gasteiger charge is 2.21. The first-order valence-corrected chi connectivity index (χ1v) is 11.1. The highest BCUT2D eigenvalue weighted by atomic mass is 19.1. The molecule has 0 unspecified atom stereocenters. The molecule has 0 saturated heterocycles. The van der Waals surface area contributed by atoms with E-state index in [0.29, 0.717) is 39.5 Å². The summed E-state index contributed by atoms with van der Waals surface area (Å²) in [5.74, 6) is -0.0381. The highest BCUT2D eigenvalue weighted by Crippen LogP contribution is 2.34. The van der Waals surface area contributed by atoms with E-state index >= 15 is 4.39 Å². The van der Waals surface area contributed by atoms with Crippen LogP contribution in [0.25, 0.3) is 56.0 Å². The number of hydrogen-bond acceptors (Lipinski definition) is 7. The lowest BCUT2D eigenvalue weighted by atomic mass is 10.1. The molecule has 35 heavy (non-hydrogen) atoms. The molecule has 0 amide bonds. The first-order chi connectivity index (χ1) is 17.1. The van der Waals surface area contributed by atoms with Crippen molar-refractivity contribution in [3.05, 3.63) is 67.3 Å². The van der Waals surface area contributed by atoms with Crippen molar-refractivity contribution in [3.8, 4) is 33.9 Å². The predicted molar refractivity (Wildman–Crippen MR) is 132 cm³/mol. The summed E-state index contributed by atoms with van der Waals surface area (Å²) in [6.45, 7) is 4.06. The van der Waals surface area contributed by atoms with Crippen LogP contribution >= 0.6 is 0 Å². The highest BCUT2D eigenvalue weighted by molar-refractivity contribution is 5.96. The van der Waals surface area contributed by atoms with Crippen molar-refractivity contribution in [2.75, 3.05) is 5.32 Å². The number of imidazole rings is 1. The number of fused-ring (bicyclic) bond motifs is 2. The second kappa shape index (κ2) is 8.24. The van der Waals surface area contributed by atoms with Crippen LogP contribution in [-0.4, -0.2) is 46.1 Å². The number of anilines is 1. The topological polar surface area (TPSA) is 121 Å². The molecule has 0 radical (unpaired) electrons. The smallest absolute Gasteiger partial charge is 0.159 e. The normalized spacial score (nSPS) is 11.5. The maximum atomic E-state index is 15.9. The largest absolute Gasteiger partial charge is 0.382 e. The van der Waals surface area contributed by atoms with E-state index in [9.17, 15) is 0 Å². The van der Waals surface area contributed by atoms with Gasteiger partial charge in [-0.1, -0.05) is 0 Å². The van der Waals surface area contributed by atoms with Crippen molar-refractivity contribution in [1.29, 1.82) is 0 Å². The number of pyridine rings is 4. The summed E-state index contributed by atoms with van der Waals surface area (Å²) in [5, 5.41) is 10.7. The Morgan fingerprint density at radius 1 is 0.943 bits per heavy atom. The molecule has 172 valence electrons. The van der Waals surface area contributed by atoms with E-state index in [1.54, 1.807) is 31.0 Å². The van der Waals surface area contributed by atoms with Crippen molar-refractivity contribution in [2.45, 2.75) is 19.9 Å². The monoisotopic (exact) mass is 465 g/mol. The molecule has 9 nitrogen and oxygen atoms in total. The SMILES string of the molecule is CC(C)Nc1cncc(-c2cnc3[nH]nc(-c4nc5c(-c6cccnc6)nccc5[nH]4)c3c2F)c1. The molecular formula is C25H20FN9. The van der Waals surface area contributed by atoms with Crippen molar-refractivity contribution in [2.24, 2.45) is 0 Å². The predicted octanol–water partition coefficient (Wildman–Crippen LogP) is 4.98. The number of nitrogens with zero attached hydrogens (tertiary/aromatic N) is 6. The Balaban J connectivity index is 1.49. The molecule has 0 aliphatic carbocycles. The molecule has 0 saturated carbocycles. The fraction of sp³-hybridized carbons (Fsp3) is 0.120. The van der Waals surface area contributed by atoms with E-state index < -0.39 is 5.82 Å². The molecule has 0 aromatic carbocycles. The molecule has 6 aromatic heterocycles. The molecule has 0 bridgehead atoms. The summed E-state index contributed by atoms with van der Waals surface area (Å²) < 4.78 is 15.9. The molecule has 10 heteroatoms. The van der Waals surface area contributed by atoms with Crippen LogP contribution in [0.5, 0.6) is 0 Å². The van der Waals surface area contributed by atoms with Crippen LogP contribution in [0.2, 0.25) is 0 Å². The van der Waals surface area contributed by atoms with Gasteiger partial charge in [0.2, 0.25) is 0 Å². The Morgan fingerprint density at radius 3 is 2.66 bits per heavy atom. The lowest BCUT2D eigenvalue weighted by molar-refractivity contribution is 0.642. The molecule has 0 fully saturated rings. The van der Waals surface area contributed by atoms with Gasteiger partial charge >= 0.3 is 0 Å². The Bertz CT molecular complexity index is 1670. The maximum Gasteiger partial charge on any atom is 0.159 e. The minimum absolute atomic E-state index is 0.220. The third-order valence-corrected chi connectivity index (χ3v) is 5.59. The summed E-state index contributed by atoms with van der Waals surface area (Å²) in [6, 6.07) is 7.65. The number of aromatic amines is 2. The van der Waals surface area contributed by atoms with Gasteiger partial charge in [-0.25, -0.2) is 14.4 Å². The number of hydrogen-bond donors (Lipinski definition) is 3. The second-order valence-electron chi connectivity index (χ2n) is 8.43. The van der Waals surface area contributed by atoms with Crippen LogP contribution in [0.4, 0.5) is 10.1 Å². The Hall–Kier alpha value is -4.73. The van der Waals surface area contributed by atoms with E-state index in [-0.39, 0.29) is 11.4 Å². The van der Waals surface area contributed by atoms with E-state index in [0.717, 1.165) is 16.8 Å². The number of rotatable bonds is 5. The molecule has 0 spiro atoms. The van der Waals surface area contributed by atoms with Gasteiger partial charge in [-0.3, -0.25) is 20.1 Å². The van der Waals surface area contributed by atoms with Crippen LogP contribution in [-0.2, 0) is 0 Å². The van der Waals surface area contributed by atoms with Crippen molar-refractivity contribution in [1.82, 2.24) is 40.1 Å². The molecule has 0 atom stereocenters. The van der Waals surface area contributed by atoms with Crippen LogP contribution < -0.4 is 5.32 Å². The zero-order chi connectivity index (χ0) is 23.9. The van der Waals surface area contributed by atoms with Crippen molar-refractivity contribution < 1.29 is 4.39 Å². The van der Waals surface area contributed by atoms with Gasteiger partial charge in [0.1, 0.15) is 17.0 Å². The molecule has 3 N–H and O–H groups in total. The van der Waals surface area contributed by atoms with Gasteiger partial charge in [-0.15, -0.1) is 0 Å². The number of halogens is 1. The second-order valence-corrected chi connectivity index (χ2v) is 8.43. The molecule has 6 rings (SSSR count). The quantitative estimate of drug-likeness (QED) is 0.328. The van der Waals surface area contributed by atoms with E-state index in [1.807, 2.05) is 38.1 Å². The Morgan fingerprint density at radius 2 is 1.83 bits per heavy atom. The van der Waals surface area contributed by atoms with E-state index in [2.05, 4.69) is 40.4 Å². The summed E-state index contributed by atoms with van der Waals surface area (Å²) in [7, 11) is 0. The summed E-state index contributed by atoms with van der Waals surface area (Å²) in [6.07, 6.45) is 9.93. The molecular weight excluding hydrogens is 445 g/mol. The lowest BCUT2D eigenvalue weighted by Gasteiger charge is -2.11. The van der Waals surface area contributed by atoms with Gasteiger partial charge in [0.15, 0.2) is 11.5 Å². The standard InChI is InChI=1S/C25H20FN9/c1-13(2)31-16-8-15(10-28-11-16)17-12-30-24-19(20(17)26)23(34-35-24)25-32-18-5-7-29-21(22(18)33-25)14-4-3-6-27-9-14/h3-13,31H,1-2H3,(H,32,33)(H,30,34,35). The van der Waals surface area contributed by atoms with Gasteiger partial charge in [-0.05, 0) is 38.1 Å². The van der Waals surface area contributed by atoms with Gasteiger partial charge in [0.05, 0.1) is 22.3 Å². The number of aromatic nitrogens is 8. The summed E-state index contributed by atoms with van der Waals surface area (Å²) >= 11 is 0. The minimum Gasteiger partial charge on any atom is -0.382 e. The Labute approximate surface area is 198 Å². The van der Waals surface area contributed by atoms with Crippen molar-refractivity contribution in [3.63, 3.8) is 0 Å². The number of H-pyrrole nitrogens is 2. The van der Waals surface area contributed by atoms with Gasteiger partial charge in [-0.2, -0.15) is 5.10 Å². The molecule has 6 aromatic rings. The third-order valence-electron chi connectivity index (χ3n) is 5.59. The minimum atomic E-state index is -0.451. The summed E-state index contributed by atoms with van der Waals surface area (Å²) in [5.41, 5.74) is 5.33. The zero-order valence-electron chi connectivity index (χ0n) is 18.9. The van der Waals surface area contributed by atoms with E-state index in [1.165, 1.54) is 6.20 Å². The fourth-order valence-corrected chi connectivity index (χ4v) is 4.09. The van der Waals surface area contributed by atoms with Crippen LogP contribution in [0.15, 0.2) is 61.4 Å². The van der Waals surface area contributed by atoms with Crippen LogP contribution in [0.1, 0.15) is 13.8 Å². The van der Waals surface area contributed by atoms with Crippen LogP contribution in [0.3, 0.4) is 0 Å². The fourth-order valence-electron chi connectivity index (χ4n) is 4.09. The third kappa shape index (κ3) is 3.65. The molecule has 0 aliphatic heterocycles. The van der Waals surface area contributed by atoms with Gasteiger partial charge in [0, 0.05) is 59.9 Å². The zero-order valence-corrected chi connectivity index (χ0v) is 18.9. The average Bonchev–Trinajstić information content (AvgIpc) is 3.49. The first-order valence-electron chi connectivity index (χ1n) is 11.1. The number of nitrogens with one attached hydrogen (secondary N) is 3. The lowest BCUT2D eigenvalue weighted by Crippen LogP contribution is -2.09. The summed E-state index contributed by atoms with van der Waals surface area (Å²) in [4.78, 5) is 25.3. The molecule has 0 aliphatic rings.